The highest BCUT2D eigenvalue weighted by molar-refractivity contribution is 5.78. The molecule has 1 aliphatic rings. The van der Waals surface area contributed by atoms with E-state index in [1.165, 1.54) is 6.07 Å². The minimum absolute atomic E-state index is 0.0219. The van der Waals surface area contributed by atoms with E-state index < -0.39 is 6.10 Å². The van der Waals surface area contributed by atoms with E-state index >= 15 is 0 Å². The fourth-order valence-corrected chi connectivity index (χ4v) is 2.21. The molecule has 1 fully saturated rings. The largest absolute Gasteiger partial charge is 0.391 e. The number of hydrogen-bond acceptors (Lipinski definition) is 2. The minimum atomic E-state index is -0.409. The summed E-state index contributed by atoms with van der Waals surface area (Å²) < 4.78 is 13.3. The van der Waals surface area contributed by atoms with Gasteiger partial charge in [0.15, 0.2) is 0 Å². The molecule has 0 spiro atoms. The van der Waals surface area contributed by atoms with Crippen LogP contribution in [-0.4, -0.2) is 35.1 Å². The van der Waals surface area contributed by atoms with E-state index in [0.717, 1.165) is 12.8 Å². The summed E-state index contributed by atoms with van der Waals surface area (Å²) >= 11 is 0. The average molecular weight is 263 g/mol. The number of rotatable bonds is 3. The monoisotopic (exact) mass is 263 g/mol. The molecule has 0 saturated carbocycles. The number of aliphatic hydroxyl groups is 1. The molecule has 102 valence electrons. The van der Waals surface area contributed by atoms with Gasteiger partial charge in [-0.3, -0.25) is 4.79 Å². The summed E-state index contributed by atoms with van der Waals surface area (Å²) in [5.74, 6) is -0.314. The van der Waals surface area contributed by atoms with Crippen molar-refractivity contribution in [2.45, 2.75) is 25.4 Å². The van der Waals surface area contributed by atoms with Crippen LogP contribution in [0.25, 0.3) is 6.08 Å². The lowest BCUT2D eigenvalue weighted by Gasteiger charge is -2.29. The van der Waals surface area contributed by atoms with Gasteiger partial charge < -0.3 is 10.0 Å². The highest BCUT2D eigenvalue weighted by Gasteiger charge is 2.20. The van der Waals surface area contributed by atoms with Crippen molar-refractivity contribution in [3.8, 4) is 0 Å². The first kappa shape index (κ1) is 13.7. The number of carbonyl (C=O) groups excluding carboxylic acids is 1. The summed E-state index contributed by atoms with van der Waals surface area (Å²) in [4.78, 5) is 13.6. The molecule has 1 saturated heterocycles. The van der Waals surface area contributed by atoms with Gasteiger partial charge in [0.1, 0.15) is 5.82 Å². The molecule has 1 amide bonds. The molecule has 19 heavy (non-hydrogen) atoms. The molecule has 0 aromatic heterocycles. The van der Waals surface area contributed by atoms with Gasteiger partial charge in [0.2, 0.25) is 5.91 Å². The standard InChI is InChI=1S/C15H18FNO2/c16-14-8-2-1-5-12(14)6-3-9-15(19)17-10-4-7-13(18)11-17/h1-3,5-6,8,13,18H,4,7,9-11H2. The number of amides is 1. The molecule has 1 aromatic carbocycles. The number of hydrogen-bond donors (Lipinski definition) is 1. The maximum absolute atomic E-state index is 13.3. The maximum Gasteiger partial charge on any atom is 0.226 e. The van der Waals surface area contributed by atoms with Crippen molar-refractivity contribution < 1.29 is 14.3 Å². The third-order valence-electron chi connectivity index (χ3n) is 3.24. The second kappa shape index (κ2) is 6.48. The molecule has 2 rings (SSSR count). The number of benzene rings is 1. The number of piperidine rings is 1. The van der Waals surface area contributed by atoms with Crippen LogP contribution in [0.15, 0.2) is 30.3 Å². The topological polar surface area (TPSA) is 40.5 Å². The van der Waals surface area contributed by atoms with E-state index in [4.69, 9.17) is 0 Å². The lowest BCUT2D eigenvalue weighted by molar-refractivity contribution is -0.133. The molecule has 3 nitrogen and oxygen atoms in total. The normalized spacial score (nSPS) is 19.9. The Kier molecular flexibility index (Phi) is 4.68. The highest BCUT2D eigenvalue weighted by Crippen LogP contribution is 2.12. The fourth-order valence-electron chi connectivity index (χ4n) is 2.21. The van der Waals surface area contributed by atoms with Gasteiger partial charge in [-0.25, -0.2) is 4.39 Å². The van der Waals surface area contributed by atoms with E-state index in [2.05, 4.69) is 0 Å². The fraction of sp³-hybridized carbons (Fsp3) is 0.400. The quantitative estimate of drug-likeness (QED) is 0.908. The Balaban J connectivity index is 1.88. The number of carbonyl (C=O) groups is 1. The van der Waals surface area contributed by atoms with Crippen LogP contribution in [0.3, 0.4) is 0 Å². The van der Waals surface area contributed by atoms with Gasteiger partial charge in [0.05, 0.1) is 6.10 Å². The van der Waals surface area contributed by atoms with Crippen LogP contribution in [0.4, 0.5) is 4.39 Å². The highest BCUT2D eigenvalue weighted by atomic mass is 19.1. The summed E-state index contributed by atoms with van der Waals surface area (Å²) in [5.41, 5.74) is 0.481. The van der Waals surface area contributed by atoms with Gasteiger partial charge >= 0.3 is 0 Å². The summed E-state index contributed by atoms with van der Waals surface area (Å²) in [6.07, 6.45) is 4.71. The van der Waals surface area contributed by atoms with Gasteiger partial charge in [0, 0.05) is 25.1 Å². The second-order valence-electron chi connectivity index (χ2n) is 4.76. The Morgan fingerprint density at radius 1 is 1.47 bits per heavy atom. The van der Waals surface area contributed by atoms with Crippen molar-refractivity contribution in [1.82, 2.24) is 4.90 Å². The SMILES string of the molecule is O=C(CC=Cc1ccccc1F)N1CCCC(O)C1. The van der Waals surface area contributed by atoms with Crippen LogP contribution in [0.1, 0.15) is 24.8 Å². The number of β-amino-alcohol motifs (C(OH)–C–C–N with tert-alkyl or cyclic N) is 1. The Labute approximate surface area is 112 Å². The molecule has 0 bridgehead atoms. The van der Waals surface area contributed by atoms with E-state index in [-0.39, 0.29) is 18.1 Å². The van der Waals surface area contributed by atoms with E-state index in [1.54, 1.807) is 35.3 Å². The molecule has 1 heterocycles. The molecular formula is C15H18FNO2. The molecule has 1 unspecified atom stereocenters. The van der Waals surface area contributed by atoms with Crippen molar-refractivity contribution in [3.63, 3.8) is 0 Å². The zero-order valence-corrected chi connectivity index (χ0v) is 10.8. The first-order valence-electron chi connectivity index (χ1n) is 6.54. The lowest BCUT2D eigenvalue weighted by atomic mass is 10.1. The third-order valence-corrected chi connectivity index (χ3v) is 3.24. The van der Waals surface area contributed by atoms with Crippen molar-refractivity contribution >= 4 is 12.0 Å². The summed E-state index contributed by atoms with van der Waals surface area (Å²) in [6, 6.07) is 6.45. The van der Waals surface area contributed by atoms with Gasteiger partial charge in [0.25, 0.3) is 0 Å². The second-order valence-corrected chi connectivity index (χ2v) is 4.76. The zero-order valence-electron chi connectivity index (χ0n) is 10.8. The zero-order chi connectivity index (χ0) is 13.7. The minimum Gasteiger partial charge on any atom is -0.391 e. The van der Waals surface area contributed by atoms with Gasteiger partial charge in [-0.2, -0.15) is 0 Å². The van der Waals surface area contributed by atoms with Gasteiger partial charge in [-0.15, -0.1) is 0 Å². The predicted molar refractivity (Wildman–Crippen MR) is 71.9 cm³/mol. The summed E-state index contributed by atoms with van der Waals surface area (Å²) in [5, 5.41) is 9.51. The van der Waals surface area contributed by atoms with Crippen molar-refractivity contribution in [2.75, 3.05) is 13.1 Å². The molecular weight excluding hydrogens is 245 g/mol. The molecule has 1 aliphatic heterocycles. The molecule has 4 heteroatoms. The first-order chi connectivity index (χ1) is 9.16. The Bertz CT molecular complexity index is 473. The van der Waals surface area contributed by atoms with Crippen LogP contribution in [0.5, 0.6) is 0 Å². The smallest absolute Gasteiger partial charge is 0.226 e. The number of halogens is 1. The Morgan fingerprint density at radius 3 is 3.00 bits per heavy atom. The van der Waals surface area contributed by atoms with E-state index in [9.17, 15) is 14.3 Å². The number of likely N-dealkylation sites (tertiary alicyclic amines) is 1. The molecule has 0 radical (unpaired) electrons. The van der Waals surface area contributed by atoms with Crippen molar-refractivity contribution in [2.24, 2.45) is 0 Å². The summed E-state index contributed by atoms with van der Waals surface area (Å²) in [6.45, 7) is 1.11. The maximum atomic E-state index is 13.3. The Hall–Kier alpha value is -1.68. The number of nitrogens with zero attached hydrogens (tertiary/aromatic N) is 1. The third kappa shape index (κ3) is 3.89. The van der Waals surface area contributed by atoms with E-state index in [0.29, 0.717) is 18.7 Å². The van der Waals surface area contributed by atoms with Crippen LogP contribution in [0.2, 0.25) is 0 Å². The Morgan fingerprint density at radius 2 is 2.26 bits per heavy atom. The van der Waals surface area contributed by atoms with Crippen LogP contribution >= 0.6 is 0 Å². The lowest BCUT2D eigenvalue weighted by Crippen LogP contribution is -2.41. The van der Waals surface area contributed by atoms with Crippen molar-refractivity contribution in [1.29, 1.82) is 0 Å². The van der Waals surface area contributed by atoms with Crippen LogP contribution in [-0.2, 0) is 4.79 Å². The molecule has 1 atom stereocenters. The summed E-state index contributed by atoms with van der Waals surface area (Å²) in [7, 11) is 0. The van der Waals surface area contributed by atoms with E-state index in [1.807, 2.05) is 0 Å². The van der Waals surface area contributed by atoms with Gasteiger partial charge in [-0.1, -0.05) is 30.4 Å². The van der Waals surface area contributed by atoms with Crippen LogP contribution in [0, 0.1) is 5.82 Å². The van der Waals surface area contributed by atoms with Crippen LogP contribution < -0.4 is 0 Å². The average Bonchev–Trinajstić information content (AvgIpc) is 2.41. The van der Waals surface area contributed by atoms with Gasteiger partial charge in [-0.05, 0) is 18.9 Å². The first-order valence-corrected chi connectivity index (χ1v) is 6.54. The predicted octanol–water partition coefficient (Wildman–Crippen LogP) is 2.21. The molecule has 0 aliphatic carbocycles. The van der Waals surface area contributed by atoms with Crippen molar-refractivity contribution in [3.05, 3.63) is 41.7 Å². The molecule has 1 aromatic rings. The number of aliphatic hydroxyl groups excluding tert-OH is 1. The molecule has 1 N–H and O–H groups in total.